The van der Waals surface area contributed by atoms with E-state index in [0.29, 0.717) is 11.5 Å². The zero-order chi connectivity index (χ0) is 39.8. The molecule has 0 unspecified atom stereocenters. The Hall–Kier alpha value is -8.28. The summed E-state index contributed by atoms with van der Waals surface area (Å²) in [6.07, 6.45) is 0. The molecule has 0 spiro atoms. The lowest BCUT2D eigenvalue weighted by molar-refractivity contribution is 0.666. The zero-order valence-electron chi connectivity index (χ0n) is 32.7. The standard InChI is InChI=1S/C56H32N4O/c1-2-15-35(16-3-1)59-45-24-12-10-21-40(45)41-28-26-34(32-48(41)59)53-55-54(44-23-11-13-25-49(44)61-55)58-56(57-53)60-46-30-27-33-14-4-5-17-36(33)51(46)52-47(60)31-29-43-39-20-7-6-18-37(39)38-19-8-9-22-42(38)50(43)52/h1-32H. The summed E-state index contributed by atoms with van der Waals surface area (Å²) < 4.78 is 11.4. The van der Waals surface area contributed by atoms with E-state index in [1.807, 2.05) is 12.1 Å². The van der Waals surface area contributed by atoms with Crippen LogP contribution in [0, 0.1) is 0 Å². The van der Waals surface area contributed by atoms with Crippen molar-refractivity contribution in [1.29, 1.82) is 0 Å². The van der Waals surface area contributed by atoms with Crippen LogP contribution >= 0.6 is 0 Å². The molecule has 4 aromatic heterocycles. The molecule has 5 nitrogen and oxygen atoms in total. The van der Waals surface area contributed by atoms with Crippen molar-refractivity contribution < 1.29 is 4.42 Å². The molecule has 0 fully saturated rings. The highest BCUT2D eigenvalue weighted by Gasteiger charge is 2.25. The monoisotopic (exact) mass is 776 g/mol. The number of aromatic nitrogens is 4. The number of benzene rings is 10. The Morgan fingerprint density at radius 2 is 0.951 bits per heavy atom. The number of furan rings is 1. The first-order chi connectivity index (χ1) is 30.3. The second-order valence-electron chi connectivity index (χ2n) is 16.1. The molecule has 0 radical (unpaired) electrons. The van der Waals surface area contributed by atoms with Gasteiger partial charge in [0.05, 0.1) is 22.1 Å². The van der Waals surface area contributed by atoms with Crippen LogP contribution in [0.25, 0.3) is 132 Å². The highest BCUT2D eigenvalue weighted by atomic mass is 16.3. The van der Waals surface area contributed by atoms with Crippen LogP contribution in [0.5, 0.6) is 0 Å². The molecule has 0 atom stereocenters. The number of rotatable bonds is 3. The maximum atomic E-state index is 6.73. The van der Waals surface area contributed by atoms with E-state index in [-0.39, 0.29) is 0 Å². The second-order valence-corrected chi connectivity index (χ2v) is 16.1. The van der Waals surface area contributed by atoms with Crippen LogP contribution in [-0.4, -0.2) is 19.1 Å². The van der Waals surface area contributed by atoms with Crippen LogP contribution in [0.3, 0.4) is 0 Å². The van der Waals surface area contributed by atoms with E-state index in [2.05, 4.69) is 191 Å². The maximum absolute atomic E-state index is 6.73. The van der Waals surface area contributed by atoms with Crippen molar-refractivity contribution in [3.8, 4) is 22.9 Å². The topological polar surface area (TPSA) is 48.8 Å². The summed E-state index contributed by atoms with van der Waals surface area (Å²) in [6.45, 7) is 0. The summed E-state index contributed by atoms with van der Waals surface area (Å²) >= 11 is 0. The lowest BCUT2D eigenvalue weighted by Gasteiger charge is -2.13. The van der Waals surface area contributed by atoms with Crippen LogP contribution in [0.15, 0.2) is 199 Å². The SMILES string of the molecule is c1ccc(-n2c3ccccc3c3ccc(-c4nc(-n5c6ccc7ccccc7c6c6c7c8ccccc8c8ccccc8c7ccc65)nc5c4oc4ccccc45)cc32)cc1. The molecule has 14 aromatic rings. The van der Waals surface area contributed by atoms with Gasteiger partial charge in [-0.1, -0.05) is 146 Å². The summed E-state index contributed by atoms with van der Waals surface area (Å²) in [6, 6.07) is 69.5. The molecule has 14 rings (SSSR count). The first-order valence-electron chi connectivity index (χ1n) is 20.8. The van der Waals surface area contributed by atoms with Gasteiger partial charge in [-0.25, -0.2) is 9.97 Å². The van der Waals surface area contributed by atoms with Crippen LogP contribution in [0.1, 0.15) is 0 Å². The molecule has 10 aromatic carbocycles. The van der Waals surface area contributed by atoms with Gasteiger partial charge in [0.25, 0.3) is 0 Å². The average molecular weight is 777 g/mol. The molecule has 4 heterocycles. The third-order valence-corrected chi connectivity index (χ3v) is 12.9. The molecule has 5 heteroatoms. The predicted molar refractivity (Wildman–Crippen MR) is 253 cm³/mol. The Balaban J connectivity index is 1.14. The average Bonchev–Trinajstić information content (AvgIpc) is 3.99. The van der Waals surface area contributed by atoms with Gasteiger partial charge in [0.1, 0.15) is 16.8 Å². The third-order valence-electron chi connectivity index (χ3n) is 12.9. The Labute approximate surface area is 347 Å². The Kier molecular flexibility index (Phi) is 6.49. The van der Waals surface area contributed by atoms with Gasteiger partial charge in [-0.15, -0.1) is 0 Å². The van der Waals surface area contributed by atoms with Crippen LogP contribution in [-0.2, 0) is 0 Å². The number of fused-ring (bicyclic) bond motifs is 18. The summed E-state index contributed by atoms with van der Waals surface area (Å²) in [7, 11) is 0. The lowest BCUT2D eigenvalue weighted by atomic mass is 9.91. The smallest absolute Gasteiger partial charge is 0.236 e. The highest BCUT2D eigenvalue weighted by molar-refractivity contribution is 6.37. The minimum Gasteiger partial charge on any atom is -0.452 e. The van der Waals surface area contributed by atoms with Crippen LogP contribution in [0.4, 0.5) is 0 Å². The van der Waals surface area contributed by atoms with E-state index < -0.39 is 0 Å². The summed E-state index contributed by atoms with van der Waals surface area (Å²) in [5.41, 5.74) is 9.40. The minimum atomic E-state index is 0.595. The van der Waals surface area contributed by atoms with Crippen molar-refractivity contribution in [3.63, 3.8) is 0 Å². The molecule has 0 aliphatic rings. The van der Waals surface area contributed by atoms with Crippen molar-refractivity contribution in [2.45, 2.75) is 0 Å². The molecule has 282 valence electrons. The number of nitrogens with zero attached hydrogens (tertiary/aromatic N) is 4. The third kappa shape index (κ3) is 4.44. The van der Waals surface area contributed by atoms with Gasteiger partial charge < -0.3 is 8.98 Å². The van der Waals surface area contributed by atoms with Crippen molar-refractivity contribution in [3.05, 3.63) is 194 Å². The summed E-state index contributed by atoms with van der Waals surface area (Å²) in [4.78, 5) is 11.1. The van der Waals surface area contributed by atoms with Crippen molar-refractivity contribution in [1.82, 2.24) is 19.1 Å². The molecule has 0 saturated carbocycles. The quantitative estimate of drug-likeness (QED) is 0.168. The fourth-order valence-corrected chi connectivity index (χ4v) is 10.3. The van der Waals surface area contributed by atoms with Crippen molar-refractivity contribution in [2.24, 2.45) is 0 Å². The molecule has 0 saturated heterocycles. The Morgan fingerprint density at radius 1 is 0.361 bits per heavy atom. The Morgan fingerprint density at radius 3 is 1.77 bits per heavy atom. The highest BCUT2D eigenvalue weighted by Crippen LogP contribution is 2.46. The number of para-hydroxylation sites is 3. The van der Waals surface area contributed by atoms with Gasteiger partial charge in [0.2, 0.25) is 5.95 Å². The van der Waals surface area contributed by atoms with Crippen molar-refractivity contribution in [2.75, 3.05) is 0 Å². The van der Waals surface area contributed by atoms with E-state index in [4.69, 9.17) is 14.4 Å². The molecule has 0 bridgehead atoms. The largest absolute Gasteiger partial charge is 0.452 e. The van der Waals surface area contributed by atoms with Crippen LogP contribution in [0.2, 0.25) is 0 Å². The van der Waals surface area contributed by atoms with Gasteiger partial charge in [-0.3, -0.25) is 4.57 Å². The summed E-state index contributed by atoms with van der Waals surface area (Å²) in [5, 5.41) is 15.6. The molecule has 0 N–H and O–H groups in total. The van der Waals surface area contributed by atoms with Gasteiger partial charge in [-0.05, 0) is 86.2 Å². The normalized spacial score (nSPS) is 12.3. The number of hydrogen-bond acceptors (Lipinski definition) is 3. The fraction of sp³-hybridized carbons (Fsp3) is 0. The van der Waals surface area contributed by atoms with Crippen molar-refractivity contribution >= 4 is 109 Å². The molecule has 61 heavy (non-hydrogen) atoms. The van der Waals surface area contributed by atoms with Gasteiger partial charge in [-0.2, -0.15) is 0 Å². The van der Waals surface area contributed by atoms with Gasteiger partial charge in [0.15, 0.2) is 5.58 Å². The molecular formula is C56H32N4O. The van der Waals surface area contributed by atoms with E-state index in [0.717, 1.165) is 55.5 Å². The summed E-state index contributed by atoms with van der Waals surface area (Å²) in [5.74, 6) is 0.595. The van der Waals surface area contributed by atoms with Gasteiger partial charge >= 0.3 is 0 Å². The molecule has 0 aliphatic carbocycles. The second kappa shape index (κ2) is 12.1. The fourth-order valence-electron chi connectivity index (χ4n) is 10.3. The predicted octanol–water partition coefficient (Wildman–Crippen LogP) is 14.8. The maximum Gasteiger partial charge on any atom is 0.236 e. The van der Waals surface area contributed by atoms with E-state index in [1.54, 1.807) is 0 Å². The first kappa shape index (κ1) is 32.7. The minimum absolute atomic E-state index is 0.595. The zero-order valence-corrected chi connectivity index (χ0v) is 32.7. The van der Waals surface area contributed by atoms with Gasteiger partial charge in [0, 0.05) is 43.6 Å². The van der Waals surface area contributed by atoms with E-state index in [9.17, 15) is 0 Å². The van der Waals surface area contributed by atoms with Crippen LogP contribution < -0.4 is 0 Å². The molecular weight excluding hydrogens is 745 g/mol. The van der Waals surface area contributed by atoms with E-state index >= 15 is 0 Å². The lowest BCUT2D eigenvalue weighted by Crippen LogP contribution is -2.03. The molecule has 0 amide bonds. The molecule has 0 aliphatic heterocycles. The van der Waals surface area contributed by atoms with E-state index in [1.165, 1.54) is 64.6 Å². The first-order valence-corrected chi connectivity index (χ1v) is 20.8. The Bertz CT molecular complexity index is 4140. The number of hydrogen-bond donors (Lipinski definition) is 0.